The van der Waals surface area contributed by atoms with Crippen LogP contribution in [-0.4, -0.2) is 24.5 Å². The number of benzene rings is 1. The standard InChI is InChI=1S/C13H19N3.2ClH/c1-13(2)9-15-12(16-13)11-5-3-10(4-6-11)7-8-14;;/h3-6H,7-9,14H2,1-2H3,(H,15,16);2*1H. The van der Waals surface area contributed by atoms with E-state index in [1.807, 2.05) is 0 Å². The van der Waals surface area contributed by atoms with Crippen molar-refractivity contribution in [3.63, 3.8) is 0 Å². The van der Waals surface area contributed by atoms with Crippen LogP contribution in [0, 0.1) is 0 Å². The molecule has 3 nitrogen and oxygen atoms in total. The Morgan fingerprint density at radius 2 is 1.83 bits per heavy atom. The number of hydrogen-bond acceptors (Lipinski definition) is 3. The topological polar surface area (TPSA) is 50.4 Å². The summed E-state index contributed by atoms with van der Waals surface area (Å²) < 4.78 is 0. The molecule has 102 valence electrons. The second kappa shape index (κ2) is 6.98. The number of aliphatic imine (C=N–C) groups is 1. The monoisotopic (exact) mass is 289 g/mol. The normalized spacial score (nSPS) is 16.1. The van der Waals surface area contributed by atoms with Crippen molar-refractivity contribution in [3.05, 3.63) is 35.4 Å². The lowest BCUT2D eigenvalue weighted by molar-refractivity contribution is 0.506. The first-order valence-electron chi connectivity index (χ1n) is 5.73. The summed E-state index contributed by atoms with van der Waals surface area (Å²) in [5.74, 6) is 1.00. The first kappa shape index (κ1) is 17.2. The van der Waals surface area contributed by atoms with Gasteiger partial charge in [-0.2, -0.15) is 0 Å². The van der Waals surface area contributed by atoms with Gasteiger partial charge in [-0.05, 0) is 32.4 Å². The van der Waals surface area contributed by atoms with E-state index in [-0.39, 0.29) is 30.4 Å². The van der Waals surface area contributed by atoms with Gasteiger partial charge in [-0.25, -0.2) is 0 Å². The Balaban J connectivity index is 0.00000144. The summed E-state index contributed by atoms with van der Waals surface area (Å²) in [6.07, 6.45) is 0.936. The molecule has 1 aliphatic rings. The van der Waals surface area contributed by atoms with Crippen LogP contribution < -0.4 is 11.1 Å². The van der Waals surface area contributed by atoms with Gasteiger partial charge in [0.05, 0.1) is 12.1 Å². The largest absolute Gasteiger partial charge is 0.363 e. The molecule has 1 aliphatic heterocycles. The van der Waals surface area contributed by atoms with Crippen LogP contribution in [0.5, 0.6) is 0 Å². The number of nitrogens with zero attached hydrogens (tertiary/aromatic N) is 1. The third kappa shape index (κ3) is 4.16. The molecule has 2 rings (SSSR count). The number of halogens is 2. The molecule has 0 radical (unpaired) electrons. The number of rotatable bonds is 3. The summed E-state index contributed by atoms with van der Waals surface area (Å²) in [5.41, 5.74) is 8.05. The van der Waals surface area contributed by atoms with Gasteiger partial charge in [0.1, 0.15) is 5.84 Å². The van der Waals surface area contributed by atoms with E-state index in [4.69, 9.17) is 5.73 Å². The van der Waals surface area contributed by atoms with Crippen LogP contribution in [0.4, 0.5) is 0 Å². The zero-order valence-corrected chi connectivity index (χ0v) is 12.4. The molecule has 1 aromatic rings. The van der Waals surface area contributed by atoms with Gasteiger partial charge in [0, 0.05) is 5.56 Å². The highest BCUT2D eigenvalue weighted by atomic mass is 35.5. The highest BCUT2D eigenvalue weighted by molar-refractivity contribution is 6.00. The SMILES string of the molecule is CC1(C)CN=C(c2ccc(CCN)cc2)N1.Cl.Cl. The fourth-order valence-electron chi connectivity index (χ4n) is 1.84. The summed E-state index contributed by atoms with van der Waals surface area (Å²) in [6, 6.07) is 8.46. The molecule has 0 aliphatic carbocycles. The fraction of sp³-hybridized carbons (Fsp3) is 0.462. The second-order valence-electron chi connectivity index (χ2n) is 4.91. The number of nitrogens with one attached hydrogen (secondary N) is 1. The van der Waals surface area contributed by atoms with E-state index in [1.165, 1.54) is 5.56 Å². The zero-order chi connectivity index (χ0) is 11.6. The van der Waals surface area contributed by atoms with Gasteiger partial charge in [0.15, 0.2) is 0 Å². The predicted molar refractivity (Wildman–Crippen MR) is 82.3 cm³/mol. The molecule has 0 amide bonds. The molecule has 18 heavy (non-hydrogen) atoms. The molecule has 0 saturated heterocycles. The maximum Gasteiger partial charge on any atom is 0.128 e. The van der Waals surface area contributed by atoms with Gasteiger partial charge < -0.3 is 11.1 Å². The van der Waals surface area contributed by atoms with Gasteiger partial charge >= 0.3 is 0 Å². The van der Waals surface area contributed by atoms with Gasteiger partial charge in [-0.15, -0.1) is 24.8 Å². The molecule has 0 saturated carbocycles. The summed E-state index contributed by atoms with van der Waals surface area (Å²) in [5, 5.41) is 3.42. The minimum atomic E-state index is 0. The highest BCUT2D eigenvalue weighted by Crippen LogP contribution is 2.14. The molecule has 0 fully saturated rings. The van der Waals surface area contributed by atoms with Crippen LogP contribution in [0.2, 0.25) is 0 Å². The predicted octanol–water partition coefficient (Wildman–Crippen LogP) is 2.16. The van der Waals surface area contributed by atoms with Crippen molar-refractivity contribution < 1.29 is 0 Å². The van der Waals surface area contributed by atoms with Crippen LogP contribution in [-0.2, 0) is 6.42 Å². The summed E-state index contributed by atoms with van der Waals surface area (Å²) in [6.45, 7) is 5.86. The van der Waals surface area contributed by atoms with E-state index in [0.717, 1.165) is 24.4 Å². The van der Waals surface area contributed by atoms with E-state index in [0.29, 0.717) is 6.54 Å². The molecule has 0 bridgehead atoms. The van der Waals surface area contributed by atoms with Crippen molar-refractivity contribution >= 4 is 30.6 Å². The number of nitrogens with two attached hydrogens (primary N) is 1. The van der Waals surface area contributed by atoms with E-state index < -0.39 is 0 Å². The van der Waals surface area contributed by atoms with Crippen molar-refractivity contribution in [1.82, 2.24) is 5.32 Å². The number of hydrogen-bond donors (Lipinski definition) is 2. The molecule has 5 heteroatoms. The molecule has 0 spiro atoms. The maximum absolute atomic E-state index is 5.52. The van der Waals surface area contributed by atoms with Crippen molar-refractivity contribution in [3.8, 4) is 0 Å². The van der Waals surface area contributed by atoms with Gasteiger partial charge in [0.25, 0.3) is 0 Å². The minimum absolute atomic E-state index is 0. The average molecular weight is 290 g/mol. The Labute approximate surface area is 121 Å². The van der Waals surface area contributed by atoms with E-state index in [1.54, 1.807) is 0 Å². The Bertz CT molecular complexity index is 399. The lowest BCUT2D eigenvalue weighted by Gasteiger charge is -2.18. The Hall–Kier alpha value is -0.770. The lowest BCUT2D eigenvalue weighted by Crippen LogP contribution is -2.39. The Kier molecular flexibility index (Phi) is 6.68. The molecule has 0 unspecified atom stereocenters. The van der Waals surface area contributed by atoms with Crippen molar-refractivity contribution in [1.29, 1.82) is 0 Å². The van der Waals surface area contributed by atoms with Crippen molar-refractivity contribution in [2.24, 2.45) is 10.7 Å². The fourth-order valence-corrected chi connectivity index (χ4v) is 1.84. The molecule has 3 N–H and O–H groups in total. The first-order chi connectivity index (χ1) is 7.61. The molecular formula is C13H21Cl2N3. The van der Waals surface area contributed by atoms with Crippen LogP contribution in [0.25, 0.3) is 0 Å². The summed E-state index contributed by atoms with van der Waals surface area (Å²) in [7, 11) is 0. The molecule has 0 aromatic heterocycles. The molecule has 1 heterocycles. The van der Waals surface area contributed by atoms with E-state index in [2.05, 4.69) is 48.4 Å². The van der Waals surface area contributed by atoms with Crippen molar-refractivity contribution in [2.45, 2.75) is 25.8 Å². The highest BCUT2D eigenvalue weighted by Gasteiger charge is 2.25. The number of amidine groups is 1. The van der Waals surface area contributed by atoms with E-state index >= 15 is 0 Å². The third-order valence-corrected chi connectivity index (χ3v) is 2.75. The van der Waals surface area contributed by atoms with Gasteiger partial charge in [-0.1, -0.05) is 24.3 Å². The molecular weight excluding hydrogens is 269 g/mol. The zero-order valence-electron chi connectivity index (χ0n) is 10.8. The second-order valence-corrected chi connectivity index (χ2v) is 4.91. The molecule has 0 atom stereocenters. The van der Waals surface area contributed by atoms with Gasteiger partial charge in [-0.3, -0.25) is 4.99 Å². The average Bonchev–Trinajstić information content (AvgIpc) is 2.61. The summed E-state index contributed by atoms with van der Waals surface area (Å²) in [4.78, 5) is 4.52. The molecule has 1 aromatic carbocycles. The maximum atomic E-state index is 5.52. The van der Waals surface area contributed by atoms with Crippen molar-refractivity contribution in [2.75, 3.05) is 13.1 Å². The first-order valence-corrected chi connectivity index (χ1v) is 5.73. The quantitative estimate of drug-likeness (QED) is 0.896. The minimum Gasteiger partial charge on any atom is -0.363 e. The van der Waals surface area contributed by atoms with Gasteiger partial charge in [0.2, 0.25) is 0 Å². The van der Waals surface area contributed by atoms with E-state index in [9.17, 15) is 0 Å². The van der Waals surface area contributed by atoms with Crippen LogP contribution in [0.3, 0.4) is 0 Å². The Morgan fingerprint density at radius 3 is 2.28 bits per heavy atom. The smallest absolute Gasteiger partial charge is 0.128 e. The van der Waals surface area contributed by atoms with Crippen LogP contribution in [0.1, 0.15) is 25.0 Å². The Morgan fingerprint density at radius 1 is 1.22 bits per heavy atom. The third-order valence-electron chi connectivity index (χ3n) is 2.75. The lowest BCUT2D eigenvalue weighted by atomic mass is 10.1. The van der Waals surface area contributed by atoms with Crippen LogP contribution >= 0.6 is 24.8 Å². The van der Waals surface area contributed by atoms with Crippen LogP contribution in [0.15, 0.2) is 29.3 Å². The summed E-state index contributed by atoms with van der Waals surface area (Å²) >= 11 is 0.